The van der Waals surface area contributed by atoms with Gasteiger partial charge in [0.05, 0.1) is 29.0 Å². The van der Waals surface area contributed by atoms with Crippen molar-refractivity contribution in [3.63, 3.8) is 0 Å². The molecule has 2 aromatic rings. The van der Waals surface area contributed by atoms with Gasteiger partial charge in [0.1, 0.15) is 6.04 Å². The Labute approximate surface area is 231 Å². The maximum Gasteiger partial charge on any atom is 0.262 e. The van der Waals surface area contributed by atoms with E-state index in [0.717, 1.165) is 49.2 Å². The van der Waals surface area contributed by atoms with Crippen molar-refractivity contribution in [2.24, 2.45) is 5.92 Å². The Morgan fingerprint density at radius 1 is 0.975 bits per heavy atom. The fourth-order valence-electron chi connectivity index (χ4n) is 6.49. The van der Waals surface area contributed by atoms with Crippen LogP contribution < -0.4 is 10.6 Å². The first-order chi connectivity index (χ1) is 19.4. The van der Waals surface area contributed by atoms with Crippen LogP contribution in [0.25, 0.3) is 5.57 Å². The summed E-state index contributed by atoms with van der Waals surface area (Å²) in [4.78, 5) is 50.8. The molecule has 10 nitrogen and oxygen atoms in total. The van der Waals surface area contributed by atoms with Crippen molar-refractivity contribution < 1.29 is 24.3 Å². The van der Waals surface area contributed by atoms with Crippen LogP contribution in [-0.2, 0) is 9.59 Å². The minimum atomic E-state index is -0.961. The molecule has 3 aliphatic carbocycles. The summed E-state index contributed by atoms with van der Waals surface area (Å²) in [7, 11) is 0. The van der Waals surface area contributed by atoms with E-state index < -0.39 is 23.8 Å². The highest BCUT2D eigenvalue weighted by atomic mass is 16.3. The van der Waals surface area contributed by atoms with Gasteiger partial charge in [0.15, 0.2) is 0 Å². The van der Waals surface area contributed by atoms with Crippen LogP contribution in [0.5, 0.6) is 0 Å². The summed E-state index contributed by atoms with van der Waals surface area (Å²) in [6, 6.07) is 4.53. The van der Waals surface area contributed by atoms with E-state index in [-0.39, 0.29) is 36.0 Å². The van der Waals surface area contributed by atoms with Crippen LogP contribution in [0.4, 0.5) is 5.69 Å². The number of hydrogen-bond acceptors (Lipinski definition) is 7. The van der Waals surface area contributed by atoms with Crippen molar-refractivity contribution >= 4 is 34.9 Å². The average Bonchev–Trinajstić information content (AvgIpc) is 3.63. The lowest BCUT2D eigenvalue weighted by atomic mass is 9.80. The third kappa shape index (κ3) is 4.44. The van der Waals surface area contributed by atoms with Crippen LogP contribution in [0, 0.1) is 5.92 Å². The first-order valence-electron chi connectivity index (χ1n) is 14.4. The Hall–Kier alpha value is -3.79. The van der Waals surface area contributed by atoms with Crippen LogP contribution in [0.3, 0.4) is 0 Å². The Morgan fingerprint density at radius 3 is 2.50 bits per heavy atom. The second kappa shape index (κ2) is 9.69. The normalized spacial score (nSPS) is 28.2. The summed E-state index contributed by atoms with van der Waals surface area (Å²) in [6.45, 7) is 0.751. The number of nitrogens with zero attached hydrogens (tertiary/aromatic N) is 3. The van der Waals surface area contributed by atoms with Crippen LogP contribution >= 0.6 is 0 Å². The molecule has 7 rings (SSSR count). The fraction of sp³-hybridized carbons (Fsp3) is 0.500. The van der Waals surface area contributed by atoms with E-state index in [1.165, 1.54) is 29.7 Å². The number of aromatic nitrogens is 2. The number of carbonyl (C=O) groups excluding carboxylic acids is 4. The predicted octanol–water partition coefficient (Wildman–Crippen LogP) is 3.15. The third-order valence-corrected chi connectivity index (χ3v) is 9.07. The van der Waals surface area contributed by atoms with Gasteiger partial charge in [-0.3, -0.25) is 34.1 Å². The lowest BCUT2D eigenvalue weighted by molar-refractivity contribution is -0.136. The number of amides is 4. The molecule has 0 bridgehead atoms. The molecule has 1 aromatic heterocycles. The van der Waals surface area contributed by atoms with E-state index in [1.807, 2.05) is 0 Å². The summed E-state index contributed by atoms with van der Waals surface area (Å²) in [6.07, 6.45) is 11.3. The smallest absolute Gasteiger partial charge is 0.262 e. The third-order valence-electron chi connectivity index (χ3n) is 9.07. The van der Waals surface area contributed by atoms with E-state index in [9.17, 15) is 24.3 Å². The molecule has 208 valence electrons. The number of piperidine rings is 1. The maximum atomic E-state index is 13.1. The van der Waals surface area contributed by atoms with Gasteiger partial charge in [-0.2, -0.15) is 5.10 Å². The number of rotatable bonds is 7. The van der Waals surface area contributed by atoms with E-state index in [0.29, 0.717) is 17.9 Å². The summed E-state index contributed by atoms with van der Waals surface area (Å²) < 4.78 is 2.16. The maximum absolute atomic E-state index is 13.1. The molecule has 40 heavy (non-hydrogen) atoms. The van der Waals surface area contributed by atoms with Crippen molar-refractivity contribution in [3.05, 3.63) is 52.9 Å². The van der Waals surface area contributed by atoms with Gasteiger partial charge in [-0.25, -0.2) is 0 Å². The quantitative estimate of drug-likeness (QED) is 0.457. The largest absolute Gasteiger partial charge is 0.393 e. The highest BCUT2D eigenvalue weighted by Crippen LogP contribution is 2.46. The van der Waals surface area contributed by atoms with Crippen LogP contribution in [0.15, 0.2) is 30.5 Å². The van der Waals surface area contributed by atoms with Crippen LogP contribution in [0.2, 0.25) is 0 Å². The number of hydrogen-bond donors (Lipinski definition) is 3. The van der Waals surface area contributed by atoms with Crippen molar-refractivity contribution in [2.75, 3.05) is 11.9 Å². The zero-order chi connectivity index (χ0) is 27.5. The topological polar surface area (TPSA) is 134 Å². The van der Waals surface area contributed by atoms with Crippen LogP contribution in [-0.4, -0.2) is 62.1 Å². The van der Waals surface area contributed by atoms with E-state index in [4.69, 9.17) is 5.10 Å². The summed E-state index contributed by atoms with van der Waals surface area (Å²) in [5.41, 5.74) is 5.17. The first kappa shape index (κ1) is 25.2. The number of aliphatic hydroxyl groups is 1. The molecule has 2 aliphatic heterocycles. The second-order valence-corrected chi connectivity index (χ2v) is 11.9. The van der Waals surface area contributed by atoms with E-state index in [2.05, 4.69) is 27.6 Å². The van der Waals surface area contributed by atoms with Gasteiger partial charge < -0.3 is 10.4 Å². The molecule has 0 radical (unpaired) electrons. The highest BCUT2D eigenvalue weighted by molar-refractivity contribution is 6.23. The lowest BCUT2D eigenvalue weighted by Gasteiger charge is -2.35. The first-order valence-corrected chi connectivity index (χ1v) is 14.4. The molecule has 3 fully saturated rings. The number of allylic oxidation sites excluding steroid dienone is 1. The van der Waals surface area contributed by atoms with Gasteiger partial charge in [0.2, 0.25) is 11.8 Å². The molecule has 2 saturated carbocycles. The minimum absolute atomic E-state index is 0.0999. The van der Waals surface area contributed by atoms with E-state index >= 15 is 0 Å². The number of anilines is 1. The predicted molar refractivity (Wildman–Crippen MR) is 145 cm³/mol. The fourth-order valence-corrected chi connectivity index (χ4v) is 6.49. The van der Waals surface area contributed by atoms with E-state index in [1.54, 1.807) is 18.2 Å². The number of nitrogens with one attached hydrogen (secondary N) is 2. The molecular weight excluding hydrogens is 510 g/mol. The van der Waals surface area contributed by atoms with Gasteiger partial charge in [-0.15, -0.1) is 0 Å². The molecule has 5 aliphatic rings. The van der Waals surface area contributed by atoms with Gasteiger partial charge in [0.25, 0.3) is 11.8 Å². The van der Waals surface area contributed by atoms with Gasteiger partial charge in [-0.1, -0.05) is 6.08 Å². The Kier molecular flexibility index (Phi) is 6.10. The summed E-state index contributed by atoms with van der Waals surface area (Å²) >= 11 is 0. The number of fused-ring (bicyclic) bond motifs is 1. The average molecular weight is 544 g/mol. The molecular formula is C30H33N5O5. The Balaban J connectivity index is 0.975. The van der Waals surface area contributed by atoms with Crippen molar-refractivity contribution in [1.29, 1.82) is 0 Å². The SMILES string of the molecule is O=C1CCC(N2C(=O)c3ccc(NCC4CC(n5cc(C6=CCC(O)CC6)c(C6CC6)n5)C4)cc3C2=O)C(=O)N1. The molecule has 1 aromatic carbocycles. The van der Waals surface area contributed by atoms with Crippen LogP contribution in [0.1, 0.15) is 102 Å². The van der Waals surface area contributed by atoms with Crippen molar-refractivity contribution in [3.8, 4) is 0 Å². The minimum Gasteiger partial charge on any atom is -0.393 e. The molecule has 0 spiro atoms. The van der Waals surface area contributed by atoms with Gasteiger partial charge in [-0.05, 0) is 81.1 Å². The molecule has 3 heterocycles. The Morgan fingerprint density at radius 2 is 1.77 bits per heavy atom. The molecule has 3 N–H and O–H groups in total. The molecule has 2 atom stereocenters. The molecule has 1 saturated heterocycles. The second-order valence-electron chi connectivity index (χ2n) is 11.9. The zero-order valence-corrected chi connectivity index (χ0v) is 22.3. The summed E-state index contributed by atoms with van der Waals surface area (Å²) in [5, 5.41) is 20.6. The number of carbonyl (C=O) groups is 4. The Bertz CT molecular complexity index is 1450. The molecule has 2 unspecified atom stereocenters. The number of imide groups is 2. The molecule has 10 heteroatoms. The van der Waals surface area contributed by atoms with Crippen molar-refractivity contribution in [1.82, 2.24) is 20.0 Å². The highest BCUT2D eigenvalue weighted by Gasteiger charge is 2.44. The monoisotopic (exact) mass is 543 g/mol. The number of benzene rings is 1. The van der Waals surface area contributed by atoms with Gasteiger partial charge in [0, 0.05) is 36.3 Å². The summed E-state index contributed by atoms with van der Waals surface area (Å²) in [5.74, 6) is -0.941. The number of aliphatic hydroxyl groups excluding tert-OH is 1. The zero-order valence-electron chi connectivity index (χ0n) is 22.3. The van der Waals surface area contributed by atoms with Crippen molar-refractivity contribution in [2.45, 2.75) is 81.9 Å². The standard InChI is InChI=1S/C30H33N5O5/c36-21-6-3-17(4-7-21)24-15-34(33-27(24)18-1-2-18)20-11-16(12-20)14-31-19-5-8-22-23(13-19)30(40)35(29(22)39)25-9-10-26(37)32-28(25)38/h3,5,8,13,15-16,18,20-21,25,31,36H,1-2,4,6-7,9-12,14H2,(H,32,37,38). The molecule has 4 amide bonds. The van der Waals surface area contributed by atoms with Gasteiger partial charge >= 0.3 is 0 Å². The lowest BCUT2D eigenvalue weighted by Crippen LogP contribution is -2.54.